The van der Waals surface area contributed by atoms with Gasteiger partial charge in [0.1, 0.15) is 0 Å². The van der Waals surface area contributed by atoms with Gasteiger partial charge in [-0.15, -0.1) is 0 Å². The monoisotopic (exact) mass is 222 g/mol. The van der Waals surface area contributed by atoms with E-state index in [1.165, 1.54) is 19.3 Å². The first-order chi connectivity index (χ1) is 7.74. The molecular formula is C14H22O2. The van der Waals surface area contributed by atoms with Crippen molar-refractivity contribution in [3.8, 4) is 0 Å². The topological polar surface area (TPSA) is 37.3 Å². The van der Waals surface area contributed by atoms with Crippen molar-refractivity contribution in [3.63, 3.8) is 0 Å². The lowest BCUT2D eigenvalue weighted by Crippen LogP contribution is -2.47. The first-order valence-corrected chi connectivity index (χ1v) is 6.58. The van der Waals surface area contributed by atoms with Crippen LogP contribution in [-0.2, 0) is 4.79 Å². The molecule has 0 aromatic carbocycles. The average Bonchev–Trinajstić information content (AvgIpc) is 2.33. The highest BCUT2D eigenvalue weighted by Gasteiger charge is 2.48. The number of hydrogen-bond donors (Lipinski definition) is 1. The van der Waals surface area contributed by atoms with Crippen LogP contribution in [0.3, 0.4) is 0 Å². The molecule has 1 fully saturated rings. The van der Waals surface area contributed by atoms with Crippen LogP contribution in [0.2, 0.25) is 0 Å². The van der Waals surface area contributed by atoms with Crippen LogP contribution < -0.4 is 0 Å². The second-order valence-electron chi connectivity index (χ2n) is 5.34. The molecule has 1 unspecified atom stereocenters. The Morgan fingerprint density at radius 3 is 2.88 bits per heavy atom. The third kappa shape index (κ3) is 1.73. The molecule has 2 aliphatic carbocycles. The summed E-state index contributed by atoms with van der Waals surface area (Å²) in [5, 5.41) is 9.73. The Balaban J connectivity index is 2.32. The van der Waals surface area contributed by atoms with Crippen molar-refractivity contribution in [2.24, 2.45) is 17.3 Å². The zero-order valence-electron chi connectivity index (χ0n) is 10.1. The normalized spacial score (nSPS) is 38.5. The molecule has 2 nitrogen and oxygen atoms in total. The Morgan fingerprint density at radius 2 is 2.19 bits per heavy atom. The first kappa shape index (κ1) is 11.8. The van der Waals surface area contributed by atoms with Crippen molar-refractivity contribution in [2.45, 2.75) is 45.4 Å². The molecule has 0 spiro atoms. The highest BCUT2D eigenvalue weighted by Crippen LogP contribution is 2.48. The lowest BCUT2D eigenvalue weighted by atomic mass is 9.58. The van der Waals surface area contributed by atoms with Gasteiger partial charge in [0.25, 0.3) is 0 Å². The fourth-order valence-corrected chi connectivity index (χ4v) is 3.66. The Morgan fingerprint density at radius 1 is 1.44 bits per heavy atom. The average molecular weight is 222 g/mol. The number of carbonyl (C=O) groups excluding carboxylic acids is 1. The van der Waals surface area contributed by atoms with E-state index in [1.807, 2.05) is 0 Å². The summed E-state index contributed by atoms with van der Waals surface area (Å²) < 4.78 is 0. The van der Waals surface area contributed by atoms with Gasteiger partial charge in [-0.25, -0.2) is 0 Å². The molecule has 3 atom stereocenters. The van der Waals surface area contributed by atoms with Gasteiger partial charge in [-0.3, -0.25) is 4.79 Å². The molecule has 0 aromatic heterocycles. The molecule has 0 aromatic rings. The number of carbonyl (C=O) groups is 1. The van der Waals surface area contributed by atoms with Gasteiger partial charge >= 0.3 is 0 Å². The van der Waals surface area contributed by atoms with Crippen LogP contribution in [0.15, 0.2) is 12.2 Å². The second-order valence-corrected chi connectivity index (χ2v) is 5.34. The maximum atomic E-state index is 12.1. The number of fused-ring (bicyclic) bond motifs is 1. The van der Waals surface area contributed by atoms with Crippen LogP contribution in [-0.4, -0.2) is 17.5 Å². The molecule has 0 heterocycles. The van der Waals surface area contributed by atoms with Crippen LogP contribution in [0.5, 0.6) is 0 Å². The van der Waals surface area contributed by atoms with Gasteiger partial charge in [0, 0.05) is 0 Å². The Labute approximate surface area is 97.7 Å². The quantitative estimate of drug-likeness (QED) is 0.797. The van der Waals surface area contributed by atoms with E-state index in [-0.39, 0.29) is 12.4 Å². The Kier molecular flexibility index (Phi) is 3.48. The van der Waals surface area contributed by atoms with Crippen LogP contribution in [0, 0.1) is 17.3 Å². The second kappa shape index (κ2) is 4.70. The van der Waals surface area contributed by atoms with Crippen molar-refractivity contribution < 1.29 is 9.90 Å². The van der Waals surface area contributed by atoms with Gasteiger partial charge in [-0.1, -0.05) is 32.3 Å². The molecule has 1 N–H and O–H groups in total. The van der Waals surface area contributed by atoms with E-state index in [9.17, 15) is 9.90 Å². The summed E-state index contributed by atoms with van der Waals surface area (Å²) in [7, 11) is 0. The van der Waals surface area contributed by atoms with E-state index in [0.717, 1.165) is 19.3 Å². The predicted octanol–water partition coefficient (Wildman–Crippen LogP) is 2.71. The van der Waals surface area contributed by atoms with Crippen LogP contribution in [0.4, 0.5) is 0 Å². The molecule has 0 bridgehead atoms. The summed E-state index contributed by atoms with van der Waals surface area (Å²) in [4.78, 5) is 12.1. The largest absolute Gasteiger partial charge is 0.395 e. The van der Waals surface area contributed by atoms with Gasteiger partial charge in [-0.05, 0) is 37.2 Å². The number of hydrogen-bond acceptors (Lipinski definition) is 2. The van der Waals surface area contributed by atoms with E-state index in [2.05, 4.69) is 13.0 Å². The van der Waals surface area contributed by atoms with E-state index in [1.54, 1.807) is 6.08 Å². The molecule has 0 radical (unpaired) electrons. The lowest BCUT2D eigenvalue weighted by molar-refractivity contribution is -0.134. The SMILES string of the molecule is CCC[C@]1(CO)C(=O)C=C[C@@H]2CCCCC21. The van der Waals surface area contributed by atoms with E-state index in [4.69, 9.17) is 0 Å². The van der Waals surface area contributed by atoms with E-state index < -0.39 is 5.41 Å². The van der Waals surface area contributed by atoms with Gasteiger partial charge in [0.15, 0.2) is 5.78 Å². The van der Waals surface area contributed by atoms with Crippen molar-refractivity contribution in [1.29, 1.82) is 0 Å². The van der Waals surface area contributed by atoms with Crippen molar-refractivity contribution in [1.82, 2.24) is 0 Å². The zero-order chi connectivity index (χ0) is 11.6. The first-order valence-electron chi connectivity index (χ1n) is 6.58. The minimum atomic E-state index is -0.450. The molecule has 0 amide bonds. The number of aliphatic hydroxyl groups is 1. The smallest absolute Gasteiger partial charge is 0.164 e. The molecular weight excluding hydrogens is 200 g/mol. The van der Waals surface area contributed by atoms with Crippen molar-refractivity contribution in [3.05, 3.63) is 12.2 Å². The van der Waals surface area contributed by atoms with E-state index >= 15 is 0 Å². The fraction of sp³-hybridized carbons (Fsp3) is 0.786. The van der Waals surface area contributed by atoms with Crippen LogP contribution >= 0.6 is 0 Å². The van der Waals surface area contributed by atoms with Crippen molar-refractivity contribution in [2.75, 3.05) is 6.61 Å². The fourth-order valence-electron chi connectivity index (χ4n) is 3.66. The van der Waals surface area contributed by atoms with Gasteiger partial charge < -0.3 is 5.11 Å². The van der Waals surface area contributed by atoms with Gasteiger partial charge in [0.05, 0.1) is 12.0 Å². The Hall–Kier alpha value is -0.630. The number of aliphatic hydroxyl groups excluding tert-OH is 1. The molecule has 90 valence electrons. The van der Waals surface area contributed by atoms with Crippen LogP contribution in [0.25, 0.3) is 0 Å². The predicted molar refractivity (Wildman–Crippen MR) is 64.0 cm³/mol. The van der Waals surface area contributed by atoms with E-state index in [0.29, 0.717) is 11.8 Å². The molecule has 0 saturated heterocycles. The number of ketones is 1. The molecule has 16 heavy (non-hydrogen) atoms. The summed E-state index contributed by atoms with van der Waals surface area (Å²) in [6.07, 6.45) is 10.4. The molecule has 0 aliphatic heterocycles. The summed E-state index contributed by atoms with van der Waals surface area (Å²) in [6, 6.07) is 0. The van der Waals surface area contributed by atoms with Crippen molar-refractivity contribution >= 4 is 5.78 Å². The lowest BCUT2D eigenvalue weighted by Gasteiger charge is -2.45. The summed E-state index contributed by atoms with van der Waals surface area (Å²) >= 11 is 0. The molecule has 1 saturated carbocycles. The molecule has 2 heteroatoms. The standard InChI is InChI=1S/C14H22O2/c1-2-9-14(10-15)12-6-4-3-5-11(12)7-8-13(14)16/h7-8,11-12,15H,2-6,9-10H2,1H3/t11-,12?,14+/m0/s1. The third-order valence-corrected chi connectivity index (χ3v) is 4.49. The summed E-state index contributed by atoms with van der Waals surface area (Å²) in [5.74, 6) is 1.09. The molecule has 2 aliphatic rings. The number of rotatable bonds is 3. The highest BCUT2D eigenvalue weighted by molar-refractivity contribution is 5.96. The minimum absolute atomic E-state index is 0.0329. The van der Waals surface area contributed by atoms with Gasteiger partial charge in [0.2, 0.25) is 0 Å². The summed E-state index contributed by atoms with van der Waals surface area (Å²) in [6.45, 7) is 2.13. The maximum absolute atomic E-state index is 12.1. The summed E-state index contributed by atoms with van der Waals surface area (Å²) in [5.41, 5.74) is -0.450. The maximum Gasteiger partial charge on any atom is 0.164 e. The highest BCUT2D eigenvalue weighted by atomic mass is 16.3. The Bertz CT molecular complexity index is 295. The minimum Gasteiger partial charge on any atom is -0.395 e. The van der Waals surface area contributed by atoms with Gasteiger partial charge in [-0.2, -0.15) is 0 Å². The molecule has 2 rings (SSSR count). The third-order valence-electron chi connectivity index (χ3n) is 4.49. The van der Waals surface area contributed by atoms with Crippen LogP contribution in [0.1, 0.15) is 45.4 Å². The number of allylic oxidation sites excluding steroid dienone is 2. The zero-order valence-corrected chi connectivity index (χ0v) is 10.1.